The third-order valence-electron chi connectivity index (χ3n) is 8.53. The molecule has 1 heterocycles. The predicted octanol–water partition coefficient (Wildman–Crippen LogP) is 5.01. The maximum Gasteiger partial charge on any atom is 0.319 e. The van der Waals surface area contributed by atoms with Gasteiger partial charge in [-0.1, -0.05) is 19.8 Å². The second kappa shape index (κ2) is 9.55. The minimum atomic E-state index is -0.0556. The van der Waals surface area contributed by atoms with E-state index in [1.54, 1.807) is 0 Å². The summed E-state index contributed by atoms with van der Waals surface area (Å²) >= 11 is 0. The minimum Gasteiger partial charge on any atom is -0.368 e. The summed E-state index contributed by atoms with van der Waals surface area (Å²) in [4.78, 5) is 29.5. The summed E-state index contributed by atoms with van der Waals surface area (Å²) in [6.45, 7) is 5.47. The van der Waals surface area contributed by atoms with Gasteiger partial charge in [-0.15, -0.1) is 0 Å². The largest absolute Gasteiger partial charge is 0.368 e. The van der Waals surface area contributed by atoms with E-state index in [0.29, 0.717) is 12.3 Å². The topological polar surface area (TPSA) is 64.7 Å². The van der Waals surface area contributed by atoms with Crippen LogP contribution in [-0.4, -0.2) is 48.6 Å². The van der Waals surface area contributed by atoms with Crippen molar-refractivity contribution in [3.63, 3.8) is 0 Å². The van der Waals surface area contributed by atoms with Crippen LogP contribution in [0.3, 0.4) is 0 Å². The van der Waals surface area contributed by atoms with Crippen molar-refractivity contribution in [2.75, 3.05) is 36.4 Å². The molecule has 1 aliphatic heterocycles. The van der Waals surface area contributed by atoms with Gasteiger partial charge in [0.25, 0.3) is 0 Å². The van der Waals surface area contributed by atoms with Gasteiger partial charge in [0.15, 0.2) is 0 Å². The van der Waals surface area contributed by atoms with Crippen LogP contribution in [0.4, 0.5) is 16.2 Å². The Bertz CT molecular complexity index is 809. The molecule has 4 saturated carbocycles. The summed E-state index contributed by atoms with van der Waals surface area (Å²) in [5.41, 5.74) is 2.03. The number of nitrogens with one attached hydrogen (secondary N) is 2. The standard InChI is InChI=1S/C27H40N4O2/c1-2-3-4-5-25(32)31-12-10-30(11-13-31)24-8-6-23(7-9-24)28-26(33)29-27-17-20-14-21(18-27)16-22(15-20)19-27/h6-9,20-22H,2-5,10-19H2,1H3,(H2,28,29,33). The van der Waals surface area contributed by atoms with Crippen molar-refractivity contribution in [1.82, 2.24) is 10.2 Å². The van der Waals surface area contributed by atoms with E-state index in [4.69, 9.17) is 0 Å². The van der Waals surface area contributed by atoms with Gasteiger partial charge in [0, 0.05) is 49.5 Å². The summed E-state index contributed by atoms with van der Waals surface area (Å²) in [6.07, 6.45) is 11.6. The SMILES string of the molecule is CCCCCC(=O)N1CCN(c2ccc(NC(=O)NC34CC5CC(CC(C5)C3)C4)cc2)CC1. The first-order valence-corrected chi connectivity index (χ1v) is 13.2. The van der Waals surface area contributed by atoms with Gasteiger partial charge in [0.05, 0.1) is 0 Å². The van der Waals surface area contributed by atoms with Crippen LogP contribution in [0.5, 0.6) is 0 Å². The number of anilines is 2. The zero-order chi connectivity index (χ0) is 22.8. The Morgan fingerprint density at radius 1 is 0.909 bits per heavy atom. The number of benzene rings is 1. The van der Waals surface area contributed by atoms with Gasteiger partial charge in [-0.25, -0.2) is 4.79 Å². The van der Waals surface area contributed by atoms with Crippen LogP contribution < -0.4 is 15.5 Å². The summed E-state index contributed by atoms with van der Waals surface area (Å²) in [6, 6.07) is 8.10. The monoisotopic (exact) mass is 452 g/mol. The fourth-order valence-electron chi connectivity index (χ4n) is 7.32. The molecule has 5 aliphatic rings. The molecule has 4 bridgehead atoms. The lowest BCUT2D eigenvalue weighted by molar-refractivity contribution is -0.131. The van der Waals surface area contributed by atoms with Crippen LogP contribution in [0.15, 0.2) is 24.3 Å². The Morgan fingerprint density at radius 2 is 1.52 bits per heavy atom. The van der Waals surface area contributed by atoms with Crippen molar-refractivity contribution < 1.29 is 9.59 Å². The van der Waals surface area contributed by atoms with Crippen LogP contribution >= 0.6 is 0 Å². The summed E-state index contributed by atoms with van der Waals surface area (Å²) in [5, 5.41) is 6.46. The van der Waals surface area contributed by atoms with E-state index in [0.717, 1.165) is 74.6 Å². The van der Waals surface area contributed by atoms with E-state index in [1.165, 1.54) is 38.5 Å². The lowest BCUT2D eigenvalue weighted by Crippen LogP contribution is -2.60. The molecule has 0 radical (unpaired) electrons. The van der Waals surface area contributed by atoms with E-state index in [-0.39, 0.29) is 11.6 Å². The number of hydrogen-bond acceptors (Lipinski definition) is 3. The molecule has 6 heteroatoms. The third kappa shape index (κ3) is 5.15. The third-order valence-corrected chi connectivity index (χ3v) is 8.53. The fraction of sp³-hybridized carbons (Fsp3) is 0.704. The van der Waals surface area contributed by atoms with Crippen molar-refractivity contribution in [3.05, 3.63) is 24.3 Å². The number of carbonyl (C=O) groups is 2. The molecular formula is C27H40N4O2. The summed E-state index contributed by atoms with van der Waals surface area (Å²) in [5.74, 6) is 2.77. The Kier molecular flexibility index (Phi) is 6.53. The molecule has 33 heavy (non-hydrogen) atoms. The zero-order valence-electron chi connectivity index (χ0n) is 20.2. The van der Waals surface area contributed by atoms with Crippen molar-refractivity contribution in [3.8, 4) is 0 Å². The fourth-order valence-corrected chi connectivity index (χ4v) is 7.32. The molecule has 3 amide bonds. The van der Waals surface area contributed by atoms with Gasteiger partial charge in [0.2, 0.25) is 5.91 Å². The Balaban J connectivity index is 1.10. The maximum atomic E-state index is 12.8. The van der Waals surface area contributed by atoms with Gasteiger partial charge in [-0.05, 0) is 87.0 Å². The minimum absolute atomic E-state index is 0.0341. The highest BCUT2D eigenvalue weighted by Crippen LogP contribution is 2.55. The molecule has 0 spiro atoms. The molecule has 1 saturated heterocycles. The van der Waals surface area contributed by atoms with Crippen molar-refractivity contribution in [2.24, 2.45) is 17.8 Å². The molecule has 1 aromatic carbocycles. The molecule has 6 nitrogen and oxygen atoms in total. The van der Waals surface area contributed by atoms with Crippen molar-refractivity contribution in [1.29, 1.82) is 0 Å². The van der Waals surface area contributed by atoms with Gasteiger partial charge >= 0.3 is 6.03 Å². The number of urea groups is 1. The highest BCUT2D eigenvalue weighted by Gasteiger charge is 2.51. The van der Waals surface area contributed by atoms with Gasteiger partial charge in [-0.2, -0.15) is 0 Å². The number of nitrogens with zero attached hydrogens (tertiary/aromatic N) is 2. The van der Waals surface area contributed by atoms with Crippen molar-refractivity contribution >= 4 is 23.3 Å². The van der Waals surface area contributed by atoms with E-state index in [1.807, 2.05) is 17.0 Å². The molecule has 4 aliphatic carbocycles. The lowest BCUT2D eigenvalue weighted by atomic mass is 9.53. The number of carbonyl (C=O) groups excluding carboxylic acids is 2. The van der Waals surface area contributed by atoms with E-state index < -0.39 is 0 Å². The zero-order valence-corrected chi connectivity index (χ0v) is 20.2. The molecule has 0 atom stereocenters. The molecule has 2 N–H and O–H groups in total. The Labute approximate surface area is 198 Å². The number of piperazine rings is 1. The first kappa shape index (κ1) is 22.5. The second-order valence-electron chi connectivity index (χ2n) is 11.1. The average molecular weight is 453 g/mol. The number of amides is 3. The molecule has 0 unspecified atom stereocenters. The van der Waals surface area contributed by atoms with Gasteiger partial charge < -0.3 is 20.4 Å². The van der Waals surface area contributed by atoms with Crippen LogP contribution in [0.25, 0.3) is 0 Å². The van der Waals surface area contributed by atoms with Crippen LogP contribution in [0.2, 0.25) is 0 Å². The van der Waals surface area contributed by atoms with Crippen LogP contribution in [0, 0.1) is 17.8 Å². The van der Waals surface area contributed by atoms with Crippen molar-refractivity contribution in [2.45, 2.75) is 76.7 Å². The Morgan fingerprint density at radius 3 is 2.09 bits per heavy atom. The molecule has 180 valence electrons. The summed E-state index contributed by atoms with van der Waals surface area (Å²) in [7, 11) is 0. The van der Waals surface area contributed by atoms with Gasteiger partial charge in [0.1, 0.15) is 0 Å². The molecule has 6 rings (SSSR count). The summed E-state index contributed by atoms with van der Waals surface area (Å²) < 4.78 is 0. The average Bonchev–Trinajstić information content (AvgIpc) is 2.78. The first-order chi connectivity index (χ1) is 16.0. The Hall–Kier alpha value is -2.24. The molecule has 0 aromatic heterocycles. The number of rotatable bonds is 7. The smallest absolute Gasteiger partial charge is 0.319 e. The molecule has 1 aromatic rings. The van der Waals surface area contributed by atoms with Gasteiger partial charge in [-0.3, -0.25) is 4.79 Å². The van der Waals surface area contributed by atoms with E-state index in [2.05, 4.69) is 34.6 Å². The quantitative estimate of drug-likeness (QED) is 0.572. The normalized spacial score (nSPS) is 30.4. The highest BCUT2D eigenvalue weighted by atomic mass is 16.2. The second-order valence-corrected chi connectivity index (χ2v) is 11.1. The first-order valence-electron chi connectivity index (χ1n) is 13.2. The van der Waals surface area contributed by atoms with Crippen LogP contribution in [-0.2, 0) is 4.79 Å². The highest BCUT2D eigenvalue weighted by molar-refractivity contribution is 5.90. The maximum absolute atomic E-state index is 12.8. The number of hydrogen-bond donors (Lipinski definition) is 2. The molecular weight excluding hydrogens is 412 g/mol. The van der Waals surface area contributed by atoms with E-state index in [9.17, 15) is 9.59 Å². The predicted molar refractivity (Wildman–Crippen MR) is 132 cm³/mol. The number of unbranched alkanes of at least 4 members (excludes halogenated alkanes) is 2. The lowest BCUT2D eigenvalue weighted by Gasteiger charge is -2.56. The molecule has 5 fully saturated rings. The van der Waals surface area contributed by atoms with Crippen LogP contribution in [0.1, 0.15) is 71.1 Å². The van der Waals surface area contributed by atoms with E-state index >= 15 is 0 Å².